The molecule has 0 bridgehead atoms. The predicted molar refractivity (Wildman–Crippen MR) is 134 cm³/mol. The fraction of sp³-hybridized carbons (Fsp3) is 0.320. The Kier molecular flexibility index (Phi) is 7.05. The van der Waals surface area contributed by atoms with Crippen molar-refractivity contribution in [3.05, 3.63) is 74.5 Å². The summed E-state index contributed by atoms with van der Waals surface area (Å²) in [6, 6.07) is 14.4. The maximum absolute atomic E-state index is 13.4. The van der Waals surface area contributed by atoms with Gasteiger partial charge in [0, 0.05) is 47.2 Å². The Bertz CT molecular complexity index is 1220. The van der Waals surface area contributed by atoms with E-state index in [1.807, 2.05) is 38.1 Å². The zero-order chi connectivity index (χ0) is 23.5. The number of piperidine rings is 1. The number of aromatic nitrogens is 2. The second-order valence-electron chi connectivity index (χ2n) is 8.23. The number of anilines is 1. The van der Waals surface area contributed by atoms with Gasteiger partial charge in [-0.15, -0.1) is 0 Å². The summed E-state index contributed by atoms with van der Waals surface area (Å²) in [6.45, 7) is 5.23. The molecule has 6 nitrogen and oxygen atoms in total. The second-order valence-corrected chi connectivity index (χ2v) is 9.10. The number of hydrogen-bond donors (Lipinski definition) is 1. The molecule has 0 unspecified atom stereocenters. The first-order chi connectivity index (χ1) is 15.9. The van der Waals surface area contributed by atoms with E-state index < -0.39 is 0 Å². The van der Waals surface area contributed by atoms with Crippen LogP contribution in [0.3, 0.4) is 0 Å². The Morgan fingerprint density at radius 3 is 2.36 bits per heavy atom. The second kappa shape index (κ2) is 9.98. The number of halogens is 2. The summed E-state index contributed by atoms with van der Waals surface area (Å²) in [7, 11) is 0. The van der Waals surface area contributed by atoms with Crippen LogP contribution in [0.25, 0.3) is 17.1 Å². The van der Waals surface area contributed by atoms with Crippen LogP contribution in [-0.2, 0) is 4.79 Å². The van der Waals surface area contributed by atoms with Crippen LogP contribution in [0, 0.1) is 6.92 Å². The van der Waals surface area contributed by atoms with Gasteiger partial charge in [-0.05, 0) is 67.8 Å². The Labute approximate surface area is 203 Å². The van der Waals surface area contributed by atoms with Crippen LogP contribution in [0.5, 0.6) is 0 Å². The molecule has 2 aromatic carbocycles. The lowest BCUT2D eigenvalue weighted by molar-refractivity contribution is -0.121. The Hall–Kier alpha value is -2.83. The van der Waals surface area contributed by atoms with Gasteiger partial charge in [-0.2, -0.15) is 0 Å². The summed E-state index contributed by atoms with van der Waals surface area (Å²) >= 11 is 12.2. The molecule has 1 amide bonds. The molecular formula is C25H26Cl2N4O2. The number of carbonyl (C=O) groups is 1. The van der Waals surface area contributed by atoms with Crippen molar-refractivity contribution < 1.29 is 4.79 Å². The van der Waals surface area contributed by atoms with E-state index in [9.17, 15) is 9.59 Å². The average Bonchev–Trinajstić information content (AvgIpc) is 2.80. The van der Waals surface area contributed by atoms with Gasteiger partial charge in [0.05, 0.1) is 5.69 Å². The maximum atomic E-state index is 13.4. The lowest BCUT2D eigenvalue weighted by Crippen LogP contribution is -2.45. The molecule has 1 fully saturated rings. The highest BCUT2D eigenvalue weighted by atomic mass is 35.5. The molecular weight excluding hydrogens is 459 g/mol. The minimum Gasteiger partial charge on any atom is -0.356 e. The van der Waals surface area contributed by atoms with Gasteiger partial charge in [-0.1, -0.05) is 30.1 Å². The van der Waals surface area contributed by atoms with E-state index in [-0.39, 0.29) is 17.5 Å². The van der Waals surface area contributed by atoms with Crippen molar-refractivity contribution in [1.82, 2.24) is 14.9 Å². The van der Waals surface area contributed by atoms with Crippen LogP contribution in [0.2, 0.25) is 10.0 Å². The molecule has 0 spiro atoms. The number of nitrogens with one attached hydrogen (secondary N) is 1. The summed E-state index contributed by atoms with van der Waals surface area (Å²) in [6.07, 6.45) is 2.10. The van der Waals surface area contributed by atoms with Gasteiger partial charge in [0.2, 0.25) is 5.91 Å². The highest BCUT2D eigenvalue weighted by Crippen LogP contribution is 2.28. The highest BCUT2D eigenvalue weighted by Gasteiger charge is 2.23. The third-order valence-corrected chi connectivity index (χ3v) is 6.41. The van der Waals surface area contributed by atoms with Crippen LogP contribution < -0.4 is 15.8 Å². The Morgan fingerprint density at radius 2 is 1.73 bits per heavy atom. The molecule has 3 aromatic rings. The quantitative estimate of drug-likeness (QED) is 0.552. The molecule has 1 aliphatic heterocycles. The topological polar surface area (TPSA) is 67.2 Å². The van der Waals surface area contributed by atoms with Crippen molar-refractivity contribution in [3.8, 4) is 17.1 Å². The Morgan fingerprint density at radius 1 is 1.06 bits per heavy atom. The molecule has 0 saturated carbocycles. The summed E-state index contributed by atoms with van der Waals surface area (Å²) in [5.41, 5.74) is 2.27. The van der Waals surface area contributed by atoms with Crippen molar-refractivity contribution in [3.63, 3.8) is 0 Å². The molecule has 33 heavy (non-hydrogen) atoms. The van der Waals surface area contributed by atoms with Crippen LogP contribution >= 0.6 is 23.2 Å². The smallest absolute Gasteiger partial charge is 0.260 e. The molecule has 0 aliphatic carbocycles. The first-order valence-corrected chi connectivity index (χ1v) is 11.8. The predicted octanol–water partition coefficient (Wildman–Crippen LogP) is 5.01. The average molecular weight is 485 g/mol. The summed E-state index contributed by atoms with van der Waals surface area (Å²) in [5.74, 6) is 1.25. The van der Waals surface area contributed by atoms with Crippen LogP contribution in [-0.4, -0.2) is 34.6 Å². The maximum Gasteiger partial charge on any atom is 0.260 e. The standard InChI is InChI=1S/C25H26Cl2N4O2/c1-3-23(32)28-19-10-12-30(13-11-19)22-15-24(33)31(20-7-4-17(26)5-8-20)25(29-22)21-9-6-18(27)14-16(21)2/h4-9,14-15,19H,3,10-13H2,1-2H3,(H,28,32). The Balaban J connectivity index is 1.74. The van der Waals surface area contributed by atoms with E-state index in [1.165, 1.54) is 0 Å². The first-order valence-electron chi connectivity index (χ1n) is 11.1. The molecule has 0 atom stereocenters. The number of rotatable bonds is 5. The number of hydrogen-bond acceptors (Lipinski definition) is 4. The molecule has 1 aliphatic rings. The van der Waals surface area contributed by atoms with E-state index >= 15 is 0 Å². The zero-order valence-corrected chi connectivity index (χ0v) is 20.2. The van der Waals surface area contributed by atoms with Crippen LogP contribution in [0.4, 0.5) is 5.82 Å². The number of amides is 1. The monoisotopic (exact) mass is 484 g/mol. The van der Waals surface area contributed by atoms with E-state index in [0.717, 1.165) is 24.0 Å². The van der Waals surface area contributed by atoms with Crippen molar-refractivity contribution in [2.75, 3.05) is 18.0 Å². The molecule has 4 rings (SSSR count). The molecule has 1 saturated heterocycles. The number of carbonyl (C=O) groups excluding carboxylic acids is 1. The van der Waals surface area contributed by atoms with Gasteiger partial charge in [0.1, 0.15) is 11.6 Å². The molecule has 1 aromatic heterocycles. The highest BCUT2D eigenvalue weighted by molar-refractivity contribution is 6.31. The molecule has 2 heterocycles. The molecule has 1 N–H and O–H groups in total. The lowest BCUT2D eigenvalue weighted by atomic mass is 10.0. The number of aryl methyl sites for hydroxylation is 1. The van der Waals surface area contributed by atoms with Crippen molar-refractivity contribution >= 4 is 34.9 Å². The third-order valence-electron chi connectivity index (χ3n) is 5.92. The normalized spacial score (nSPS) is 14.4. The van der Waals surface area contributed by atoms with Gasteiger partial charge in [-0.25, -0.2) is 4.98 Å². The van der Waals surface area contributed by atoms with E-state index in [0.29, 0.717) is 46.9 Å². The largest absolute Gasteiger partial charge is 0.356 e. The van der Waals surface area contributed by atoms with Crippen LogP contribution in [0.15, 0.2) is 53.3 Å². The summed E-state index contributed by atoms with van der Waals surface area (Å²) in [4.78, 5) is 32.1. The van der Waals surface area contributed by atoms with Crippen molar-refractivity contribution in [1.29, 1.82) is 0 Å². The number of benzene rings is 2. The van der Waals surface area contributed by atoms with E-state index in [2.05, 4.69) is 10.2 Å². The van der Waals surface area contributed by atoms with Gasteiger partial charge in [0.15, 0.2) is 0 Å². The fourth-order valence-electron chi connectivity index (χ4n) is 4.11. The SMILES string of the molecule is CCC(=O)NC1CCN(c2cc(=O)n(-c3ccc(Cl)cc3)c(-c3ccc(Cl)cc3C)n2)CC1. The third kappa shape index (κ3) is 5.23. The van der Waals surface area contributed by atoms with E-state index in [4.69, 9.17) is 28.2 Å². The van der Waals surface area contributed by atoms with Crippen molar-refractivity contribution in [2.45, 2.75) is 39.2 Å². The fourth-order valence-corrected chi connectivity index (χ4v) is 4.47. The van der Waals surface area contributed by atoms with Crippen LogP contribution in [0.1, 0.15) is 31.7 Å². The van der Waals surface area contributed by atoms with Gasteiger partial charge in [0.25, 0.3) is 5.56 Å². The first kappa shape index (κ1) is 23.3. The van der Waals surface area contributed by atoms with Crippen molar-refractivity contribution in [2.24, 2.45) is 0 Å². The van der Waals surface area contributed by atoms with Gasteiger partial charge >= 0.3 is 0 Å². The van der Waals surface area contributed by atoms with E-state index in [1.54, 1.807) is 28.8 Å². The zero-order valence-electron chi connectivity index (χ0n) is 18.6. The molecule has 0 radical (unpaired) electrons. The van der Waals surface area contributed by atoms with Gasteiger partial charge < -0.3 is 10.2 Å². The summed E-state index contributed by atoms with van der Waals surface area (Å²) < 4.78 is 1.60. The van der Waals surface area contributed by atoms with Gasteiger partial charge in [-0.3, -0.25) is 14.2 Å². The number of nitrogens with zero attached hydrogens (tertiary/aromatic N) is 3. The molecule has 172 valence electrons. The summed E-state index contributed by atoms with van der Waals surface area (Å²) in [5, 5.41) is 4.29. The molecule has 8 heteroatoms. The minimum atomic E-state index is -0.173. The minimum absolute atomic E-state index is 0.0673. The lowest BCUT2D eigenvalue weighted by Gasteiger charge is -2.33.